The van der Waals surface area contributed by atoms with Crippen LogP contribution in [0.25, 0.3) is 0 Å². The minimum Gasteiger partial charge on any atom is -0.353 e. The topological polar surface area (TPSA) is 18.5 Å². The highest BCUT2D eigenvalue weighted by molar-refractivity contribution is 4.70. The molecule has 0 aliphatic carbocycles. The highest BCUT2D eigenvalue weighted by Gasteiger charge is 2.14. The van der Waals surface area contributed by atoms with Gasteiger partial charge in [-0.3, -0.25) is 0 Å². The van der Waals surface area contributed by atoms with Crippen LogP contribution in [0.2, 0.25) is 0 Å². The van der Waals surface area contributed by atoms with Gasteiger partial charge in [0.05, 0.1) is 0 Å². The van der Waals surface area contributed by atoms with Crippen molar-refractivity contribution in [3.8, 4) is 0 Å². The Balaban J connectivity index is 1.85. The molecular formula is C13H24O2. The Morgan fingerprint density at radius 2 is 2.40 bits per heavy atom. The molecule has 2 atom stereocenters. The molecule has 1 saturated heterocycles. The molecule has 1 aliphatic rings. The van der Waals surface area contributed by atoms with Gasteiger partial charge < -0.3 is 9.47 Å². The highest BCUT2D eigenvalue weighted by atomic mass is 16.7. The van der Waals surface area contributed by atoms with Crippen molar-refractivity contribution in [2.24, 2.45) is 5.92 Å². The lowest BCUT2D eigenvalue weighted by Crippen LogP contribution is -2.11. The van der Waals surface area contributed by atoms with Crippen molar-refractivity contribution < 1.29 is 9.47 Å². The summed E-state index contributed by atoms with van der Waals surface area (Å²) in [6.07, 6.45) is 9.15. The quantitative estimate of drug-likeness (QED) is 0.453. The number of ether oxygens (including phenoxy) is 2. The first kappa shape index (κ1) is 12.7. The summed E-state index contributed by atoms with van der Waals surface area (Å²) in [6, 6.07) is 0. The lowest BCUT2D eigenvalue weighted by atomic mass is 10.0. The van der Waals surface area contributed by atoms with E-state index in [1.165, 1.54) is 12.8 Å². The monoisotopic (exact) mass is 212 g/mol. The van der Waals surface area contributed by atoms with Crippen molar-refractivity contribution in [1.29, 1.82) is 0 Å². The molecule has 0 spiro atoms. The fraction of sp³-hybridized carbons (Fsp3) is 0.846. The summed E-state index contributed by atoms with van der Waals surface area (Å²) < 4.78 is 11.0. The Labute approximate surface area is 93.7 Å². The summed E-state index contributed by atoms with van der Waals surface area (Å²) in [5, 5.41) is 0. The molecule has 2 nitrogen and oxygen atoms in total. The molecule has 1 heterocycles. The van der Waals surface area contributed by atoms with Crippen molar-refractivity contribution in [1.82, 2.24) is 0 Å². The van der Waals surface area contributed by atoms with E-state index in [9.17, 15) is 0 Å². The molecule has 1 rings (SSSR count). The van der Waals surface area contributed by atoms with Gasteiger partial charge in [0.1, 0.15) is 0 Å². The third-order valence-corrected chi connectivity index (χ3v) is 2.85. The summed E-state index contributed by atoms with van der Waals surface area (Å²) >= 11 is 0. The van der Waals surface area contributed by atoms with E-state index in [2.05, 4.69) is 13.5 Å². The maximum atomic E-state index is 5.60. The molecule has 0 N–H and O–H groups in total. The zero-order chi connectivity index (χ0) is 10.9. The molecule has 1 aliphatic heterocycles. The van der Waals surface area contributed by atoms with Crippen molar-refractivity contribution in [3.63, 3.8) is 0 Å². The largest absolute Gasteiger partial charge is 0.353 e. The number of hydrogen-bond acceptors (Lipinski definition) is 2. The van der Waals surface area contributed by atoms with Gasteiger partial charge in [-0.1, -0.05) is 25.8 Å². The van der Waals surface area contributed by atoms with Gasteiger partial charge in [0.25, 0.3) is 0 Å². The van der Waals surface area contributed by atoms with Gasteiger partial charge in [0.15, 0.2) is 6.29 Å². The van der Waals surface area contributed by atoms with Crippen LogP contribution in [-0.2, 0) is 9.47 Å². The Hall–Kier alpha value is -0.340. The average molecular weight is 212 g/mol. The van der Waals surface area contributed by atoms with E-state index in [4.69, 9.17) is 9.47 Å². The van der Waals surface area contributed by atoms with Crippen LogP contribution in [-0.4, -0.2) is 19.5 Å². The summed E-state index contributed by atoms with van der Waals surface area (Å²) in [5.41, 5.74) is 0. The van der Waals surface area contributed by atoms with Crippen LogP contribution in [0.3, 0.4) is 0 Å². The molecule has 0 saturated carbocycles. The van der Waals surface area contributed by atoms with Crippen LogP contribution in [0.4, 0.5) is 0 Å². The lowest BCUT2D eigenvalue weighted by Gasteiger charge is -2.11. The zero-order valence-corrected chi connectivity index (χ0v) is 9.91. The average Bonchev–Trinajstić information content (AvgIpc) is 2.70. The van der Waals surface area contributed by atoms with Crippen molar-refractivity contribution in [3.05, 3.63) is 12.7 Å². The van der Waals surface area contributed by atoms with Crippen molar-refractivity contribution in [2.75, 3.05) is 13.2 Å². The van der Waals surface area contributed by atoms with E-state index in [1.54, 1.807) is 0 Å². The Kier molecular flexibility index (Phi) is 6.69. The maximum Gasteiger partial charge on any atom is 0.157 e. The number of allylic oxidation sites excluding steroid dienone is 1. The van der Waals surface area contributed by atoms with Crippen molar-refractivity contribution in [2.45, 2.75) is 51.7 Å². The predicted molar refractivity (Wildman–Crippen MR) is 62.8 cm³/mol. The molecule has 88 valence electrons. The Morgan fingerprint density at radius 3 is 3.07 bits per heavy atom. The fourth-order valence-corrected chi connectivity index (χ4v) is 1.89. The van der Waals surface area contributed by atoms with Crippen LogP contribution < -0.4 is 0 Å². The number of hydrogen-bond donors (Lipinski definition) is 0. The first-order chi connectivity index (χ1) is 7.33. The molecule has 0 aromatic heterocycles. The Morgan fingerprint density at radius 1 is 1.53 bits per heavy atom. The molecule has 0 aromatic carbocycles. The summed E-state index contributed by atoms with van der Waals surface area (Å²) in [7, 11) is 0. The smallest absolute Gasteiger partial charge is 0.157 e. The van der Waals surface area contributed by atoms with Gasteiger partial charge >= 0.3 is 0 Å². The first-order valence-corrected chi connectivity index (χ1v) is 6.17. The van der Waals surface area contributed by atoms with Crippen LogP contribution in [0, 0.1) is 5.92 Å². The third kappa shape index (κ3) is 5.95. The molecule has 15 heavy (non-hydrogen) atoms. The second-order valence-electron chi connectivity index (χ2n) is 4.44. The van der Waals surface area contributed by atoms with E-state index in [1.807, 2.05) is 6.08 Å². The molecular weight excluding hydrogens is 188 g/mol. The summed E-state index contributed by atoms with van der Waals surface area (Å²) in [4.78, 5) is 0. The van der Waals surface area contributed by atoms with Gasteiger partial charge in [0, 0.05) is 19.6 Å². The van der Waals surface area contributed by atoms with E-state index in [0.29, 0.717) is 0 Å². The molecule has 0 aromatic rings. The summed E-state index contributed by atoms with van der Waals surface area (Å²) in [5.74, 6) is 0.769. The van der Waals surface area contributed by atoms with Gasteiger partial charge in [-0.2, -0.15) is 0 Å². The Bertz CT molecular complexity index is 162. The zero-order valence-electron chi connectivity index (χ0n) is 9.91. The van der Waals surface area contributed by atoms with Gasteiger partial charge in [-0.15, -0.1) is 6.58 Å². The van der Waals surface area contributed by atoms with Gasteiger partial charge in [0.2, 0.25) is 0 Å². The number of rotatable bonds is 8. The van der Waals surface area contributed by atoms with E-state index in [-0.39, 0.29) is 6.29 Å². The summed E-state index contributed by atoms with van der Waals surface area (Å²) in [6.45, 7) is 7.77. The first-order valence-electron chi connectivity index (χ1n) is 6.17. The van der Waals surface area contributed by atoms with Crippen LogP contribution in [0.5, 0.6) is 0 Å². The third-order valence-electron chi connectivity index (χ3n) is 2.85. The van der Waals surface area contributed by atoms with Crippen LogP contribution in [0.1, 0.15) is 45.4 Å². The lowest BCUT2D eigenvalue weighted by molar-refractivity contribution is -0.111. The molecule has 0 radical (unpaired) electrons. The maximum absolute atomic E-state index is 5.60. The van der Waals surface area contributed by atoms with Crippen molar-refractivity contribution >= 4 is 0 Å². The van der Waals surface area contributed by atoms with Gasteiger partial charge in [-0.25, -0.2) is 0 Å². The molecule has 1 fully saturated rings. The van der Waals surface area contributed by atoms with E-state index >= 15 is 0 Å². The SMILES string of the molecule is C=CCC(C)CCCCOC1CCCO1. The standard InChI is InChI=1S/C13H24O2/c1-3-7-12(2)8-4-5-10-14-13-9-6-11-15-13/h3,12-13H,1,4-11H2,2H3. The molecule has 0 amide bonds. The minimum absolute atomic E-state index is 0.0931. The fourth-order valence-electron chi connectivity index (χ4n) is 1.89. The van der Waals surface area contributed by atoms with E-state index < -0.39 is 0 Å². The predicted octanol–water partition coefficient (Wildman–Crippen LogP) is 3.52. The highest BCUT2D eigenvalue weighted by Crippen LogP contribution is 2.15. The van der Waals surface area contributed by atoms with Crippen LogP contribution >= 0.6 is 0 Å². The normalized spacial score (nSPS) is 22.9. The molecule has 2 unspecified atom stereocenters. The second kappa shape index (κ2) is 7.89. The molecule has 2 heteroatoms. The number of unbranched alkanes of at least 4 members (excludes halogenated alkanes) is 1. The minimum atomic E-state index is 0.0931. The van der Waals surface area contributed by atoms with Gasteiger partial charge in [-0.05, 0) is 25.2 Å². The molecule has 0 bridgehead atoms. The second-order valence-corrected chi connectivity index (χ2v) is 4.44. The van der Waals surface area contributed by atoms with E-state index in [0.717, 1.165) is 44.8 Å². The van der Waals surface area contributed by atoms with Crippen LogP contribution in [0.15, 0.2) is 12.7 Å².